The van der Waals surface area contributed by atoms with Crippen LogP contribution >= 0.6 is 23.2 Å². The van der Waals surface area contributed by atoms with Crippen LogP contribution in [0, 0.1) is 17.2 Å². The first-order valence-corrected chi connectivity index (χ1v) is 7.74. The Bertz CT molecular complexity index is 530. The third-order valence-electron chi connectivity index (χ3n) is 3.94. The van der Waals surface area contributed by atoms with Crippen LogP contribution in [0.25, 0.3) is 0 Å². The van der Waals surface area contributed by atoms with Gasteiger partial charge < -0.3 is 0 Å². The second-order valence-corrected chi connectivity index (χ2v) is 6.25. The monoisotopic (exact) mass is 309 g/mol. The molecule has 0 radical (unpaired) electrons. The van der Waals surface area contributed by atoms with Crippen molar-refractivity contribution >= 4 is 29.0 Å². The van der Waals surface area contributed by atoms with Gasteiger partial charge in [0, 0.05) is 16.5 Å². The van der Waals surface area contributed by atoms with Gasteiger partial charge in [0.25, 0.3) is 0 Å². The maximum atomic E-state index is 12.4. The van der Waals surface area contributed by atoms with E-state index >= 15 is 0 Å². The summed E-state index contributed by atoms with van der Waals surface area (Å²) >= 11 is 11.9. The van der Waals surface area contributed by atoms with Crippen LogP contribution in [0.5, 0.6) is 0 Å². The van der Waals surface area contributed by atoms with E-state index in [4.69, 9.17) is 23.2 Å². The summed E-state index contributed by atoms with van der Waals surface area (Å²) in [6.45, 7) is 0. The van der Waals surface area contributed by atoms with Gasteiger partial charge in [-0.05, 0) is 23.6 Å². The summed E-state index contributed by atoms with van der Waals surface area (Å²) in [5.74, 6) is -0.372. The summed E-state index contributed by atoms with van der Waals surface area (Å²) in [4.78, 5) is 12.4. The van der Waals surface area contributed by atoms with Crippen molar-refractivity contribution < 1.29 is 4.79 Å². The Labute approximate surface area is 129 Å². The maximum absolute atomic E-state index is 12.4. The molecule has 2 rings (SSSR count). The molecule has 1 atom stereocenters. The van der Waals surface area contributed by atoms with E-state index in [1.165, 1.54) is 19.3 Å². The third-order valence-corrected chi connectivity index (χ3v) is 4.50. The van der Waals surface area contributed by atoms with E-state index < -0.39 is 5.92 Å². The number of hydrogen-bond donors (Lipinski definition) is 0. The van der Waals surface area contributed by atoms with E-state index in [1.54, 1.807) is 18.2 Å². The van der Waals surface area contributed by atoms with E-state index in [-0.39, 0.29) is 5.78 Å². The van der Waals surface area contributed by atoms with Crippen molar-refractivity contribution in [1.29, 1.82) is 5.26 Å². The Morgan fingerprint density at radius 2 is 2.00 bits per heavy atom. The van der Waals surface area contributed by atoms with E-state index in [0.29, 0.717) is 27.9 Å². The number of hydrogen-bond acceptors (Lipinski definition) is 2. The van der Waals surface area contributed by atoms with Crippen LogP contribution in [0.4, 0.5) is 0 Å². The molecule has 0 aliphatic heterocycles. The van der Waals surface area contributed by atoms with Gasteiger partial charge in [-0.3, -0.25) is 4.79 Å². The first-order chi connectivity index (χ1) is 9.61. The van der Waals surface area contributed by atoms with Gasteiger partial charge in [-0.1, -0.05) is 61.4 Å². The zero-order valence-corrected chi connectivity index (χ0v) is 12.8. The molecule has 0 aromatic heterocycles. The minimum absolute atomic E-state index is 0.0244. The van der Waals surface area contributed by atoms with Crippen LogP contribution in [-0.4, -0.2) is 5.78 Å². The minimum Gasteiger partial charge on any atom is -0.298 e. The summed E-state index contributed by atoms with van der Waals surface area (Å²) in [7, 11) is 0. The maximum Gasteiger partial charge on any atom is 0.154 e. The molecule has 4 heteroatoms. The SMILES string of the molecule is N#CC(C(=O)CC1CCCCC1)c1ccc(Cl)cc1Cl. The molecule has 0 bridgehead atoms. The number of carbonyl (C=O) groups is 1. The molecule has 0 saturated heterocycles. The van der Waals surface area contributed by atoms with Gasteiger partial charge in [0.1, 0.15) is 5.92 Å². The molecule has 1 fully saturated rings. The van der Waals surface area contributed by atoms with E-state index in [1.807, 2.05) is 0 Å². The zero-order chi connectivity index (χ0) is 14.5. The number of ketones is 1. The van der Waals surface area contributed by atoms with Crippen molar-refractivity contribution in [3.05, 3.63) is 33.8 Å². The first-order valence-electron chi connectivity index (χ1n) is 6.99. The van der Waals surface area contributed by atoms with Crippen LogP contribution in [0.2, 0.25) is 10.0 Å². The molecule has 0 heterocycles. The number of benzene rings is 1. The van der Waals surface area contributed by atoms with Crippen LogP contribution in [0.3, 0.4) is 0 Å². The highest BCUT2D eigenvalue weighted by Crippen LogP contribution is 2.32. The molecule has 106 valence electrons. The van der Waals surface area contributed by atoms with Crippen molar-refractivity contribution in [3.63, 3.8) is 0 Å². The molecule has 0 amide bonds. The lowest BCUT2D eigenvalue weighted by molar-refractivity contribution is -0.120. The third kappa shape index (κ3) is 3.75. The summed E-state index contributed by atoms with van der Waals surface area (Å²) < 4.78 is 0. The topological polar surface area (TPSA) is 40.9 Å². The molecular weight excluding hydrogens is 293 g/mol. The number of carbonyl (C=O) groups excluding carboxylic acids is 1. The van der Waals surface area contributed by atoms with Crippen molar-refractivity contribution in [3.8, 4) is 6.07 Å². The average Bonchev–Trinajstić information content (AvgIpc) is 2.43. The molecule has 1 aromatic rings. The lowest BCUT2D eigenvalue weighted by atomic mass is 9.82. The molecule has 0 spiro atoms. The standard InChI is InChI=1S/C16H17Cl2NO/c17-12-6-7-13(15(18)9-12)14(10-19)16(20)8-11-4-2-1-3-5-11/h6-7,9,11,14H,1-5,8H2. The van der Waals surface area contributed by atoms with Gasteiger partial charge in [0.05, 0.1) is 6.07 Å². The fourth-order valence-corrected chi connectivity index (χ4v) is 3.36. The smallest absolute Gasteiger partial charge is 0.154 e. The zero-order valence-electron chi connectivity index (χ0n) is 11.2. The Morgan fingerprint density at radius 3 is 2.60 bits per heavy atom. The number of nitrogens with zero attached hydrogens (tertiary/aromatic N) is 1. The second-order valence-electron chi connectivity index (χ2n) is 5.40. The molecule has 2 nitrogen and oxygen atoms in total. The minimum atomic E-state index is -0.776. The molecule has 20 heavy (non-hydrogen) atoms. The second kappa shape index (κ2) is 7.11. The summed E-state index contributed by atoms with van der Waals surface area (Å²) in [6.07, 6.45) is 6.32. The Balaban J connectivity index is 2.11. The molecular formula is C16H17Cl2NO. The number of halogens is 2. The van der Waals surface area contributed by atoms with Crippen molar-refractivity contribution in [2.45, 2.75) is 44.4 Å². The summed E-state index contributed by atoms with van der Waals surface area (Å²) in [6, 6.07) is 7.02. The van der Waals surface area contributed by atoms with Crippen LogP contribution in [0.15, 0.2) is 18.2 Å². The average molecular weight is 310 g/mol. The first kappa shape index (κ1) is 15.4. The molecule has 1 aliphatic rings. The van der Waals surface area contributed by atoms with E-state index in [0.717, 1.165) is 12.8 Å². The van der Waals surface area contributed by atoms with Gasteiger partial charge in [-0.15, -0.1) is 0 Å². The van der Waals surface area contributed by atoms with Crippen molar-refractivity contribution in [1.82, 2.24) is 0 Å². The van der Waals surface area contributed by atoms with E-state index in [2.05, 4.69) is 6.07 Å². The fourth-order valence-electron chi connectivity index (χ4n) is 2.84. The van der Waals surface area contributed by atoms with Crippen LogP contribution in [-0.2, 0) is 4.79 Å². The molecule has 1 unspecified atom stereocenters. The number of nitriles is 1. The number of rotatable bonds is 4. The van der Waals surface area contributed by atoms with Crippen molar-refractivity contribution in [2.24, 2.45) is 5.92 Å². The van der Waals surface area contributed by atoms with Crippen molar-refractivity contribution in [2.75, 3.05) is 0 Å². The predicted molar refractivity (Wildman–Crippen MR) is 81.0 cm³/mol. The predicted octanol–water partition coefficient (Wildman–Crippen LogP) is 5.14. The highest BCUT2D eigenvalue weighted by molar-refractivity contribution is 6.35. The summed E-state index contributed by atoms with van der Waals surface area (Å²) in [5, 5.41) is 10.2. The van der Waals surface area contributed by atoms with Gasteiger partial charge in [-0.25, -0.2) is 0 Å². The molecule has 1 saturated carbocycles. The summed E-state index contributed by atoms with van der Waals surface area (Å²) in [5.41, 5.74) is 0.569. The Hall–Kier alpha value is -1.04. The highest BCUT2D eigenvalue weighted by Gasteiger charge is 2.26. The quantitative estimate of drug-likeness (QED) is 0.772. The lowest BCUT2D eigenvalue weighted by Crippen LogP contribution is -2.17. The van der Waals surface area contributed by atoms with Gasteiger partial charge in [0.15, 0.2) is 5.78 Å². The van der Waals surface area contributed by atoms with Gasteiger partial charge in [-0.2, -0.15) is 5.26 Å². The van der Waals surface area contributed by atoms with Crippen LogP contribution in [0.1, 0.15) is 50.0 Å². The highest BCUT2D eigenvalue weighted by atomic mass is 35.5. The van der Waals surface area contributed by atoms with E-state index in [9.17, 15) is 10.1 Å². The molecule has 1 aliphatic carbocycles. The Kier molecular flexibility index (Phi) is 5.46. The fraction of sp³-hybridized carbons (Fsp3) is 0.500. The number of Topliss-reactive ketones (excluding diaryl/α,β-unsaturated/α-hetero) is 1. The molecule has 1 aromatic carbocycles. The van der Waals surface area contributed by atoms with Gasteiger partial charge in [0.2, 0.25) is 0 Å². The molecule has 0 N–H and O–H groups in total. The van der Waals surface area contributed by atoms with Crippen LogP contribution < -0.4 is 0 Å². The normalized spacial score (nSPS) is 17.4. The lowest BCUT2D eigenvalue weighted by Gasteiger charge is -2.22. The van der Waals surface area contributed by atoms with Gasteiger partial charge >= 0.3 is 0 Å². The largest absolute Gasteiger partial charge is 0.298 e. The Morgan fingerprint density at radius 1 is 1.30 bits per heavy atom.